The Bertz CT molecular complexity index is 614. The molecule has 0 saturated heterocycles. The molecule has 2 rings (SSSR count). The third-order valence-electron chi connectivity index (χ3n) is 2.99. The normalized spacial score (nSPS) is 17.9. The van der Waals surface area contributed by atoms with Crippen molar-refractivity contribution in [1.82, 2.24) is 5.32 Å². The number of carbonyl (C=O) groups excluding carboxylic acids is 1. The highest BCUT2D eigenvalue weighted by Crippen LogP contribution is 2.22. The van der Waals surface area contributed by atoms with Gasteiger partial charge in [0.15, 0.2) is 0 Å². The molecule has 0 fully saturated rings. The zero-order chi connectivity index (χ0) is 15.6. The lowest BCUT2D eigenvalue weighted by atomic mass is 10.1. The Labute approximate surface area is 132 Å². The van der Waals surface area contributed by atoms with E-state index in [1.807, 2.05) is 32.0 Å². The minimum Gasteiger partial charge on any atom is -0.609 e. The maximum atomic E-state index is 12.4. The van der Waals surface area contributed by atoms with Crippen LogP contribution < -0.4 is 10.6 Å². The maximum Gasteiger partial charge on any atom is 0.318 e. The van der Waals surface area contributed by atoms with Crippen LogP contribution in [0.25, 0.3) is 0 Å². The molecule has 1 heterocycles. The Hall–Kier alpha value is -1.44. The molecule has 0 radical (unpaired) electrons. The number of carbonyl (C=O) groups is 1. The molecule has 21 heavy (non-hydrogen) atoms. The summed E-state index contributed by atoms with van der Waals surface area (Å²) >= 11 is 3.82. The molecule has 0 bridgehead atoms. The molecule has 1 aliphatic heterocycles. The molecule has 0 aliphatic carbocycles. The van der Waals surface area contributed by atoms with Gasteiger partial charge < -0.3 is 15.2 Å². The molecule has 2 N–H and O–H groups in total. The summed E-state index contributed by atoms with van der Waals surface area (Å²) in [6.07, 6.45) is 0. The summed E-state index contributed by atoms with van der Waals surface area (Å²) in [5, 5.41) is 6.21. The summed E-state index contributed by atoms with van der Waals surface area (Å²) in [4.78, 5) is 15.9. The van der Waals surface area contributed by atoms with Gasteiger partial charge in [0.2, 0.25) is 5.91 Å². The summed E-state index contributed by atoms with van der Waals surface area (Å²) in [7, 11) is 0. The van der Waals surface area contributed by atoms with Crippen molar-refractivity contribution in [1.29, 1.82) is 0 Å². The van der Waals surface area contributed by atoms with Crippen molar-refractivity contribution >= 4 is 45.1 Å². The van der Waals surface area contributed by atoms with Crippen LogP contribution in [-0.2, 0) is 21.7 Å². The molecule has 0 aromatic heterocycles. The topological polar surface area (TPSA) is 76.5 Å². The lowest BCUT2D eigenvalue weighted by Crippen LogP contribution is -2.44. The van der Waals surface area contributed by atoms with Crippen molar-refractivity contribution < 1.29 is 9.35 Å². The van der Waals surface area contributed by atoms with Crippen LogP contribution in [0, 0.1) is 0 Å². The second kappa shape index (κ2) is 6.13. The predicted octanol–water partition coefficient (Wildman–Crippen LogP) is 1.96. The minimum atomic E-state index is -1.34. The molecule has 1 amide bonds. The van der Waals surface area contributed by atoms with Crippen molar-refractivity contribution in [3.63, 3.8) is 0 Å². The minimum absolute atomic E-state index is 0.160. The average molecular weight is 323 g/mol. The van der Waals surface area contributed by atoms with Crippen LogP contribution >= 0.6 is 12.2 Å². The number of nitrogens with one attached hydrogen (secondary N) is 2. The van der Waals surface area contributed by atoms with Gasteiger partial charge >= 0.3 is 5.17 Å². The molecule has 0 spiro atoms. The predicted molar refractivity (Wildman–Crippen MR) is 89.8 cm³/mol. The fraction of sp³-hybridized carbons (Fsp3) is 0.357. The number of para-hydroxylation sites is 1. The van der Waals surface area contributed by atoms with E-state index in [4.69, 9.17) is 12.2 Å². The van der Waals surface area contributed by atoms with Crippen LogP contribution in [0.5, 0.6) is 0 Å². The standard InChI is InChI=1S/C14H17N3O2S2/c1-9(18)15-11-7-5-4-6-10(11)8-21(19)13-16-12(20)14(2,3)17-13/h4-7H,8H2,1-3H3,(H,15,18)(H,16,17,20). The van der Waals surface area contributed by atoms with Gasteiger partial charge in [-0.25, -0.2) is 0 Å². The second-order valence-corrected chi connectivity index (χ2v) is 7.05. The lowest BCUT2D eigenvalue weighted by molar-refractivity contribution is -0.114. The van der Waals surface area contributed by atoms with Gasteiger partial charge in [-0.05, 0) is 19.9 Å². The molecule has 112 valence electrons. The molecule has 1 aromatic carbocycles. The van der Waals surface area contributed by atoms with Gasteiger partial charge in [0.05, 0.1) is 5.54 Å². The number of amides is 1. The Morgan fingerprint density at radius 1 is 1.48 bits per heavy atom. The molecule has 1 unspecified atom stereocenters. The first kappa shape index (κ1) is 15.9. The van der Waals surface area contributed by atoms with E-state index in [9.17, 15) is 9.35 Å². The van der Waals surface area contributed by atoms with Gasteiger partial charge in [0, 0.05) is 29.4 Å². The van der Waals surface area contributed by atoms with E-state index in [2.05, 4.69) is 15.6 Å². The van der Waals surface area contributed by atoms with Gasteiger partial charge in [-0.1, -0.05) is 30.4 Å². The number of rotatable bonds is 3. The number of thiocarbonyl (C=S) groups is 1. The summed E-state index contributed by atoms with van der Waals surface area (Å²) < 4.78 is 12.4. The van der Waals surface area contributed by atoms with Gasteiger partial charge in [0.25, 0.3) is 0 Å². The highest BCUT2D eigenvalue weighted by atomic mass is 32.2. The summed E-state index contributed by atoms with van der Waals surface area (Å²) in [5.74, 6) is 0.105. The first-order valence-electron chi connectivity index (χ1n) is 6.45. The fourth-order valence-electron chi connectivity index (χ4n) is 1.86. The molecule has 1 aromatic rings. The van der Waals surface area contributed by atoms with Crippen LogP contribution in [0.4, 0.5) is 5.69 Å². The Morgan fingerprint density at radius 3 is 2.71 bits per heavy atom. The molecule has 1 atom stereocenters. The number of nitrogens with zero attached hydrogens (tertiary/aromatic N) is 1. The monoisotopic (exact) mass is 323 g/mol. The van der Waals surface area contributed by atoms with E-state index < -0.39 is 16.7 Å². The van der Waals surface area contributed by atoms with Crippen molar-refractivity contribution in [2.75, 3.05) is 5.32 Å². The average Bonchev–Trinajstić information content (AvgIpc) is 2.66. The number of benzene rings is 1. The van der Waals surface area contributed by atoms with E-state index in [0.717, 1.165) is 5.56 Å². The number of hydrogen-bond acceptors (Lipinski definition) is 4. The molecule has 0 saturated carbocycles. The molecule has 1 aliphatic rings. The van der Waals surface area contributed by atoms with Gasteiger partial charge in [-0.15, -0.1) is 0 Å². The highest BCUT2D eigenvalue weighted by Gasteiger charge is 2.36. The first-order valence-corrected chi connectivity index (χ1v) is 8.17. The summed E-state index contributed by atoms with van der Waals surface area (Å²) in [5.41, 5.74) is 1.02. The summed E-state index contributed by atoms with van der Waals surface area (Å²) in [6, 6.07) is 7.28. The highest BCUT2D eigenvalue weighted by molar-refractivity contribution is 8.05. The van der Waals surface area contributed by atoms with Gasteiger partial charge in [-0.3, -0.25) is 4.79 Å². The van der Waals surface area contributed by atoms with Crippen molar-refractivity contribution in [3.8, 4) is 0 Å². The van der Waals surface area contributed by atoms with Crippen LogP contribution in [0.2, 0.25) is 0 Å². The molecule has 5 nitrogen and oxygen atoms in total. The number of hydrogen-bond donors (Lipinski definition) is 2. The van der Waals surface area contributed by atoms with E-state index in [1.165, 1.54) is 6.92 Å². The van der Waals surface area contributed by atoms with Crippen LogP contribution in [0.15, 0.2) is 29.3 Å². The molecular weight excluding hydrogens is 306 g/mol. The SMILES string of the molecule is CC(=O)Nc1ccccc1C[S+]([O-])C1=NC(=S)C(C)(C)N1. The Balaban J connectivity index is 2.14. The third kappa shape index (κ3) is 3.81. The van der Waals surface area contributed by atoms with Crippen molar-refractivity contribution in [2.24, 2.45) is 4.99 Å². The van der Waals surface area contributed by atoms with E-state index in [0.29, 0.717) is 15.8 Å². The number of aliphatic imine (C=N–C) groups is 1. The maximum absolute atomic E-state index is 12.4. The van der Waals surface area contributed by atoms with Crippen LogP contribution in [-0.4, -0.2) is 26.2 Å². The first-order chi connectivity index (χ1) is 9.79. The molecule has 7 heteroatoms. The number of amidine groups is 1. The zero-order valence-electron chi connectivity index (χ0n) is 12.1. The van der Waals surface area contributed by atoms with Crippen LogP contribution in [0.3, 0.4) is 0 Å². The van der Waals surface area contributed by atoms with Crippen LogP contribution in [0.1, 0.15) is 26.3 Å². The summed E-state index contributed by atoms with van der Waals surface area (Å²) in [6.45, 7) is 5.24. The lowest BCUT2D eigenvalue weighted by Gasteiger charge is -2.19. The smallest absolute Gasteiger partial charge is 0.318 e. The van der Waals surface area contributed by atoms with Crippen molar-refractivity contribution in [3.05, 3.63) is 29.8 Å². The third-order valence-corrected chi connectivity index (χ3v) is 4.79. The zero-order valence-corrected chi connectivity index (χ0v) is 13.7. The quantitative estimate of drug-likeness (QED) is 0.658. The van der Waals surface area contributed by atoms with E-state index >= 15 is 0 Å². The largest absolute Gasteiger partial charge is 0.609 e. The van der Waals surface area contributed by atoms with Crippen molar-refractivity contribution in [2.45, 2.75) is 32.1 Å². The number of anilines is 1. The van der Waals surface area contributed by atoms with E-state index in [-0.39, 0.29) is 11.7 Å². The van der Waals surface area contributed by atoms with Gasteiger partial charge in [-0.2, -0.15) is 4.99 Å². The molecular formula is C14H17N3O2S2. The second-order valence-electron chi connectivity index (χ2n) is 5.30. The van der Waals surface area contributed by atoms with E-state index in [1.54, 1.807) is 6.07 Å². The Kier molecular flexibility index (Phi) is 4.65. The Morgan fingerprint density at radius 2 is 2.14 bits per heavy atom. The van der Waals surface area contributed by atoms with Gasteiger partial charge in [0.1, 0.15) is 10.7 Å². The fourth-order valence-corrected chi connectivity index (χ4v) is 3.29.